The number of nitrogens with one attached hydrogen (secondary N) is 2. The van der Waals surface area contributed by atoms with Gasteiger partial charge in [0.1, 0.15) is 6.04 Å². The summed E-state index contributed by atoms with van der Waals surface area (Å²) >= 11 is 0. The molecule has 11 heteroatoms. The fourth-order valence-electron chi connectivity index (χ4n) is 3.59. The molecular formula is C24H53N4O6P. The normalized spacial score (nSPS) is 11.9. The summed E-state index contributed by atoms with van der Waals surface area (Å²) in [6, 6.07) is -0.584. The molecule has 10 nitrogen and oxygen atoms in total. The number of unbranched alkanes of at least 4 members (excludes halogenated alkanes) is 15. The number of carbonyl (C=O) groups excluding carboxylic acids is 1. The van der Waals surface area contributed by atoms with Crippen molar-refractivity contribution in [3.63, 3.8) is 0 Å². The molecule has 0 bridgehead atoms. The van der Waals surface area contributed by atoms with E-state index < -0.39 is 13.9 Å². The summed E-state index contributed by atoms with van der Waals surface area (Å²) in [7, 11) is -4.64. The van der Waals surface area contributed by atoms with Crippen LogP contribution in [0.1, 0.15) is 122 Å². The van der Waals surface area contributed by atoms with Crippen molar-refractivity contribution < 1.29 is 28.8 Å². The number of carbonyl (C=O) groups is 1. The Bertz CT molecular complexity index is 540. The first-order valence-corrected chi connectivity index (χ1v) is 14.9. The van der Waals surface area contributed by atoms with Gasteiger partial charge in [-0.3, -0.25) is 10.2 Å². The van der Waals surface area contributed by atoms with Gasteiger partial charge in [-0.2, -0.15) is 0 Å². The van der Waals surface area contributed by atoms with Gasteiger partial charge in [-0.15, -0.1) is 0 Å². The van der Waals surface area contributed by atoms with Crippen molar-refractivity contribution in [3.05, 3.63) is 0 Å². The molecule has 0 saturated heterocycles. The topological polar surface area (TPSA) is 192 Å². The molecule has 0 heterocycles. The average molecular weight is 525 g/mol. The van der Waals surface area contributed by atoms with Crippen molar-refractivity contribution in [2.24, 2.45) is 11.5 Å². The smallest absolute Gasteiger partial charge is 0.465 e. The van der Waals surface area contributed by atoms with Crippen molar-refractivity contribution in [1.29, 1.82) is 5.41 Å². The van der Waals surface area contributed by atoms with Crippen LogP contribution in [0.2, 0.25) is 0 Å². The summed E-state index contributed by atoms with van der Waals surface area (Å²) in [6.07, 6.45) is 22.5. The van der Waals surface area contributed by atoms with Gasteiger partial charge in [0.25, 0.3) is 0 Å². The third-order valence-corrected chi connectivity index (χ3v) is 5.55. The van der Waals surface area contributed by atoms with E-state index in [0.29, 0.717) is 26.0 Å². The Labute approximate surface area is 212 Å². The van der Waals surface area contributed by atoms with Gasteiger partial charge in [0.05, 0.1) is 6.61 Å². The zero-order valence-corrected chi connectivity index (χ0v) is 22.8. The van der Waals surface area contributed by atoms with Gasteiger partial charge in [-0.25, -0.2) is 4.57 Å². The van der Waals surface area contributed by atoms with Crippen LogP contribution in [0.25, 0.3) is 0 Å². The zero-order valence-electron chi connectivity index (χ0n) is 21.9. The van der Waals surface area contributed by atoms with E-state index in [1.165, 1.54) is 89.9 Å². The van der Waals surface area contributed by atoms with Crippen LogP contribution in [-0.4, -0.2) is 45.8 Å². The molecule has 0 aliphatic heterocycles. The molecule has 35 heavy (non-hydrogen) atoms. The first kappa shape index (κ1) is 36.0. The SMILES string of the molecule is CCCCCCCCCCCCCCCCCCOC(=O)[C@@H](N)CCCNC(=N)N.O=P(O)(O)O. The van der Waals surface area contributed by atoms with Crippen LogP contribution >= 0.6 is 7.82 Å². The number of hydrogen-bond donors (Lipinski definition) is 7. The van der Waals surface area contributed by atoms with Gasteiger partial charge in [0, 0.05) is 6.54 Å². The molecule has 0 aliphatic carbocycles. The number of hydrogen-bond acceptors (Lipinski definition) is 5. The second-order valence-corrected chi connectivity index (χ2v) is 10.1. The number of ether oxygens (including phenoxy) is 1. The van der Waals surface area contributed by atoms with Gasteiger partial charge in [0.15, 0.2) is 5.96 Å². The highest BCUT2D eigenvalue weighted by Crippen LogP contribution is 2.25. The maximum absolute atomic E-state index is 11.8. The molecule has 0 aliphatic rings. The molecule has 0 aromatic carbocycles. The highest BCUT2D eigenvalue weighted by Gasteiger charge is 2.14. The van der Waals surface area contributed by atoms with Gasteiger partial charge in [-0.1, -0.05) is 103 Å². The lowest BCUT2D eigenvalue weighted by Gasteiger charge is -2.11. The minimum atomic E-state index is -4.64. The van der Waals surface area contributed by atoms with Crippen molar-refractivity contribution in [2.75, 3.05) is 13.2 Å². The fourth-order valence-corrected chi connectivity index (χ4v) is 3.59. The van der Waals surface area contributed by atoms with Crippen molar-refractivity contribution in [2.45, 2.75) is 129 Å². The number of rotatable bonds is 22. The van der Waals surface area contributed by atoms with Crippen LogP contribution in [0.5, 0.6) is 0 Å². The number of nitrogens with two attached hydrogens (primary N) is 2. The van der Waals surface area contributed by atoms with E-state index in [2.05, 4.69) is 12.2 Å². The number of esters is 1. The molecule has 210 valence electrons. The summed E-state index contributed by atoms with van der Waals surface area (Å²) in [5.41, 5.74) is 11.0. The number of phosphoric acid groups is 1. The summed E-state index contributed by atoms with van der Waals surface area (Å²) < 4.78 is 14.1. The molecular weight excluding hydrogens is 471 g/mol. The predicted octanol–water partition coefficient (Wildman–Crippen LogP) is 4.45. The molecule has 0 radical (unpaired) electrons. The van der Waals surface area contributed by atoms with Gasteiger partial charge < -0.3 is 36.2 Å². The van der Waals surface area contributed by atoms with Crippen LogP contribution < -0.4 is 16.8 Å². The average Bonchev–Trinajstić information content (AvgIpc) is 2.77. The van der Waals surface area contributed by atoms with Crippen LogP contribution in [0, 0.1) is 5.41 Å². The van der Waals surface area contributed by atoms with Crippen LogP contribution in [0.15, 0.2) is 0 Å². The van der Waals surface area contributed by atoms with Crippen molar-refractivity contribution in [1.82, 2.24) is 5.32 Å². The molecule has 9 N–H and O–H groups in total. The molecule has 0 fully saturated rings. The molecule has 0 amide bonds. The summed E-state index contributed by atoms with van der Waals surface area (Å²) in [5.74, 6) is -0.381. The highest BCUT2D eigenvalue weighted by atomic mass is 31.2. The van der Waals surface area contributed by atoms with Gasteiger partial charge in [0.2, 0.25) is 0 Å². The lowest BCUT2D eigenvalue weighted by molar-refractivity contribution is -0.145. The van der Waals surface area contributed by atoms with Crippen molar-refractivity contribution >= 4 is 19.8 Å². The van der Waals surface area contributed by atoms with Crippen LogP contribution in [-0.2, 0) is 14.1 Å². The van der Waals surface area contributed by atoms with E-state index in [-0.39, 0.29) is 11.9 Å². The summed E-state index contributed by atoms with van der Waals surface area (Å²) in [5, 5.41) is 9.75. The first-order chi connectivity index (χ1) is 16.6. The fraction of sp³-hybridized carbons (Fsp3) is 0.917. The van der Waals surface area contributed by atoms with Gasteiger partial charge >= 0.3 is 13.8 Å². The lowest BCUT2D eigenvalue weighted by Crippen LogP contribution is -2.35. The maximum Gasteiger partial charge on any atom is 0.466 e. The molecule has 1 atom stereocenters. The van der Waals surface area contributed by atoms with E-state index in [1.54, 1.807) is 0 Å². The standard InChI is InChI=1S/C24H50N4O2.H3O4P/c1-2-3-4-5-6-7-8-9-10-11-12-13-14-15-16-17-21-30-23(29)22(25)19-18-20-28-24(26)27;1-5(2,3)4/h22H,2-21,25H2,1H3,(H4,26,27,28);(H3,1,2,3,4)/t22-;/m0./s1. The third kappa shape index (κ3) is 37.5. The zero-order chi connectivity index (χ0) is 26.8. The van der Waals surface area contributed by atoms with E-state index in [4.69, 9.17) is 40.9 Å². The highest BCUT2D eigenvalue weighted by molar-refractivity contribution is 7.45. The molecule has 0 aromatic rings. The number of guanidine groups is 1. The molecule has 0 saturated carbocycles. The lowest BCUT2D eigenvalue weighted by atomic mass is 10.0. The van der Waals surface area contributed by atoms with E-state index in [9.17, 15) is 4.79 Å². The molecule has 0 aromatic heterocycles. The Morgan fingerprint density at radius 3 is 1.57 bits per heavy atom. The Hall–Kier alpha value is -1.19. The second kappa shape index (κ2) is 25.9. The Balaban J connectivity index is 0. The summed E-state index contributed by atoms with van der Waals surface area (Å²) in [4.78, 5) is 33.4. The van der Waals surface area contributed by atoms with E-state index >= 15 is 0 Å². The van der Waals surface area contributed by atoms with E-state index in [0.717, 1.165) is 12.8 Å². The minimum Gasteiger partial charge on any atom is -0.465 e. The maximum atomic E-state index is 11.8. The Morgan fingerprint density at radius 1 is 0.829 bits per heavy atom. The van der Waals surface area contributed by atoms with E-state index in [1.807, 2.05) is 0 Å². The molecule has 0 spiro atoms. The van der Waals surface area contributed by atoms with Gasteiger partial charge in [-0.05, 0) is 19.3 Å². The van der Waals surface area contributed by atoms with Crippen molar-refractivity contribution in [3.8, 4) is 0 Å². The molecule has 0 unspecified atom stereocenters. The predicted molar refractivity (Wildman–Crippen MR) is 142 cm³/mol. The third-order valence-electron chi connectivity index (χ3n) is 5.55. The van der Waals surface area contributed by atoms with Crippen LogP contribution in [0.4, 0.5) is 0 Å². The Morgan fingerprint density at radius 2 is 1.20 bits per heavy atom. The Kier molecular flexibility index (Phi) is 26.6. The first-order valence-electron chi connectivity index (χ1n) is 13.4. The quantitative estimate of drug-likeness (QED) is 0.0352. The largest absolute Gasteiger partial charge is 0.466 e. The second-order valence-electron chi connectivity index (χ2n) is 9.07. The minimum absolute atomic E-state index is 0.0605. The van der Waals surface area contributed by atoms with Crippen LogP contribution in [0.3, 0.4) is 0 Å². The summed E-state index contributed by atoms with van der Waals surface area (Å²) in [6.45, 7) is 3.29. The monoisotopic (exact) mass is 524 g/mol. The molecule has 0 rings (SSSR count).